The highest BCUT2D eigenvalue weighted by Crippen LogP contribution is 2.41. The molecule has 1 N–H and O–H groups in total. The molecule has 2 aliphatic heterocycles. The summed E-state index contributed by atoms with van der Waals surface area (Å²) in [5.74, 6) is -1.14. The first-order chi connectivity index (χ1) is 14.3. The molecule has 11 heteroatoms. The maximum Gasteiger partial charge on any atom is 0.329 e. The molecule has 1 amide bonds. The second kappa shape index (κ2) is 9.80. The number of hydrogen-bond acceptors (Lipinski definition) is 7. The van der Waals surface area contributed by atoms with Crippen LogP contribution in [0.2, 0.25) is 0 Å². The number of aliphatic carboxylic acids is 1. The number of rotatable bonds is 9. The first-order valence-corrected chi connectivity index (χ1v) is 12.3. The maximum absolute atomic E-state index is 12.2. The van der Waals surface area contributed by atoms with Gasteiger partial charge < -0.3 is 19.5 Å². The van der Waals surface area contributed by atoms with Crippen molar-refractivity contribution in [3.05, 3.63) is 24.3 Å². The van der Waals surface area contributed by atoms with E-state index in [-0.39, 0.29) is 22.8 Å². The number of unbranched alkanes of at least 4 members (excludes halogenated alkanes) is 1. The quantitative estimate of drug-likeness (QED) is 0.552. The van der Waals surface area contributed by atoms with Gasteiger partial charge in [-0.1, -0.05) is 31.2 Å². The summed E-state index contributed by atoms with van der Waals surface area (Å²) in [5.41, 5.74) is 0.694. The number of amidine groups is 1. The van der Waals surface area contributed by atoms with E-state index in [1.807, 2.05) is 24.3 Å². The summed E-state index contributed by atoms with van der Waals surface area (Å²) in [4.78, 5) is 28.5. The molecule has 0 bridgehead atoms. The zero-order chi connectivity index (χ0) is 21.7. The van der Waals surface area contributed by atoms with Gasteiger partial charge in [-0.3, -0.25) is 4.79 Å². The van der Waals surface area contributed by atoms with E-state index in [0.29, 0.717) is 23.2 Å². The monoisotopic (exact) mass is 456 g/mol. The summed E-state index contributed by atoms with van der Waals surface area (Å²) < 4.78 is 34.9. The van der Waals surface area contributed by atoms with Gasteiger partial charge in [0.25, 0.3) is 5.91 Å². The lowest BCUT2D eigenvalue weighted by Gasteiger charge is -2.25. The molecule has 1 aromatic carbocycles. The van der Waals surface area contributed by atoms with Crippen molar-refractivity contribution in [2.45, 2.75) is 31.1 Å². The summed E-state index contributed by atoms with van der Waals surface area (Å²) in [5, 5.41) is 8.76. The van der Waals surface area contributed by atoms with Crippen LogP contribution in [0.25, 0.3) is 0 Å². The number of sulfone groups is 1. The van der Waals surface area contributed by atoms with Crippen LogP contribution < -0.4 is 9.64 Å². The number of carboxylic acids is 1. The fourth-order valence-corrected chi connectivity index (χ4v) is 7.22. The molecule has 2 saturated heterocycles. The van der Waals surface area contributed by atoms with Crippen LogP contribution in [-0.2, 0) is 24.2 Å². The van der Waals surface area contributed by atoms with Crippen molar-refractivity contribution in [2.75, 3.05) is 36.2 Å². The third-order valence-corrected chi connectivity index (χ3v) is 7.81. The summed E-state index contributed by atoms with van der Waals surface area (Å²) in [6.45, 7) is 1.60. The third kappa shape index (κ3) is 5.73. The van der Waals surface area contributed by atoms with E-state index in [0.717, 1.165) is 12.8 Å². The van der Waals surface area contributed by atoms with Crippen LogP contribution in [0.3, 0.4) is 0 Å². The van der Waals surface area contributed by atoms with Gasteiger partial charge in [0.1, 0.15) is 19.0 Å². The Kier molecular flexibility index (Phi) is 7.37. The Morgan fingerprint density at radius 1 is 1.30 bits per heavy atom. The molecule has 3 rings (SSSR count). The second-order valence-corrected chi connectivity index (χ2v) is 10.4. The number of aliphatic imine (C=N–C) groups is 1. The number of carbonyl (C=O) groups excluding carboxylic acids is 1. The number of amides is 1. The van der Waals surface area contributed by atoms with E-state index in [4.69, 9.17) is 14.6 Å². The average molecular weight is 457 g/mol. The maximum atomic E-state index is 12.2. The number of nitrogens with zero attached hydrogens (tertiary/aromatic N) is 2. The number of anilines is 1. The zero-order valence-corrected chi connectivity index (χ0v) is 18.2. The van der Waals surface area contributed by atoms with Crippen molar-refractivity contribution in [3.8, 4) is 5.75 Å². The van der Waals surface area contributed by atoms with Crippen molar-refractivity contribution in [2.24, 2.45) is 4.99 Å². The van der Waals surface area contributed by atoms with Gasteiger partial charge in [-0.15, -0.1) is 0 Å². The molecule has 0 spiro atoms. The molecule has 2 unspecified atom stereocenters. The Morgan fingerprint density at radius 2 is 2.10 bits per heavy atom. The third-order valence-electron chi connectivity index (χ3n) is 4.60. The van der Waals surface area contributed by atoms with Crippen LogP contribution in [-0.4, -0.2) is 73.2 Å². The fraction of sp³-hybridized carbons (Fsp3) is 0.526. The predicted octanol–water partition coefficient (Wildman–Crippen LogP) is 1.57. The van der Waals surface area contributed by atoms with Crippen LogP contribution in [0.4, 0.5) is 5.69 Å². The Labute approximate surface area is 179 Å². The molecule has 0 radical (unpaired) electrons. The molecule has 164 valence electrons. The first-order valence-electron chi connectivity index (χ1n) is 9.59. The van der Waals surface area contributed by atoms with Crippen molar-refractivity contribution in [1.29, 1.82) is 0 Å². The van der Waals surface area contributed by atoms with Crippen LogP contribution in [0.15, 0.2) is 29.3 Å². The molecular weight excluding hydrogens is 432 g/mol. The number of carbonyl (C=O) groups is 2. The molecule has 2 fully saturated rings. The minimum atomic E-state index is -3.17. The number of ether oxygens (including phenoxy) is 2. The Hall–Kier alpha value is -2.11. The second-order valence-electron chi connectivity index (χ2n) is 7.04. The summed E-state index contributed by atoms with van der Waals surface area (Å²) >= 11 is 1.25. The Bertz CT molecular complexity index is 933. The van der Waals surface area contributed by atoms with E-state index >= 15 is 0 Å². The smallest absolute Gasteiger partial charge is 0.329 e. The molecule has 0 aliphatic carbocycles. The topological polar surface area (TPSA) is 123 Å². The Morgan fingerprint density at radius 3 is 2.83 bits per heavy atom. The van der Waals surface area contributed by atoms with Crippen molar-refractivity contribution in [1.82, 2.24) is 0 Å². The zero-order valence-electron chi connectivity index (χ0n) is 16.5. The van der Waals surface area contributed by atoms with Crippen LogP contribution in [0.5, 0.6) is 5.75 Å². The average Bonchev–Trinajstić information content (AvgIpc) is 3.12. The van der Waals surface area contributed by atoms with Crippen LogP contribution in [0.1, 0.15) is 19.8 Å². The molecule has 0 aromatic heterocycles. The molecule has 0 saturated carbocycles. The highest BCUT2D eigenvalue weighted by atomic mass is 32.2. The van der Waals surface area contributed by atoms with Crippen molar-refractivity contribution < 1.29 is 32.6 Å². The van der Waals surface area contributed by atoms with Crippen molar-refractivity contribution >= 4 is 44.3 Å². The SMILES string of the molecule is CCCCOc1cccc(N2C(=NC(=O)COCC(=O)O)SC3CS(=O)(=O)CC32)c1. The number of hydrogen-bond donors (Lipinski definition) is 1. The fourth-order valence-electron chi connectivity index (χ4n) is 3.29. The predicted molar refractivity (Wildman–Crippen MR) is 114 cm³/mol. The van der Waals surface area contributed by atoms with Gasteiger partial charge in [0, 0.05) is 17.0 Å². The minimum absolute atomic E-state index is 0.0195. The number of carboxylic acid groups (broad SMARTS) is 1. The molecule has 9 nitrogen and oxygen atoms in total. The van der Waals surface area contributed by atoms with Gasteiger partial charge in [-0.05, 0) is 18.6 Å². The van der Waals surface area contributed by atoms with Crippen LogP contribution >= 0.6 is 11.8 Å². The lowest BCUT2D eigenvalue weighted by atomic mass is 10.2. The van der Waals surface area contributed by atoms with Gasteiger partial charge in [-0.2, -0.15) is 4.99 Å². The van der Waals surface area contributed by atoms with Gasteiger partial charge in [0.05, 0.1) is 24.2 Å². The summed E-state index contributed by atoms with van der Waals surface area (Å²) in [6.07, 6.45) is 1.93. The molecule has 1 aromatic rings. The number of fused-ring (bicyclic) bond motifs is 1. The molecule has 30 heavy (non-hydrogen) atoms. The van der Waals surface area contributed by atoms with Gasteiger partial charge in [0.15, 0.2) is 15.0 Å². The molecule has 2 aliphatic rings. The normalized spacial score (nSPS) is 23.5. The van der Waals surface area contributed by atoms with Gasteiger partial charge in [-0.25, -0.2) is 13.2 Å². The lowest BCUT2D eigenvalue weighted by Crippen LogP contribution is -2.37. The molecule has 2 atom stereocenters. The standard InChI is InChI=1S/C19H24N2O7S2/c1-2-3-7-28-14-6-4-5-13(8-14)21-15-11-30(25,26)12-16(15)29-19(21)20-17(22)9-27-10-18(23)24/h4-6,8,15-16H,2-3,7,9-12H2,1H3,(H,23,24). The van der Waals surface area contributed by atoms with E-state index in [1.165, 1.54) is 11.8 Å². The van der Waals surface area contributed by atoms with E-state index in [1.54, 1.807) is 4.90 Å². The Balaban J connectivity index is 1.83. The van der Waals surface area contributed by atoms with E-state index in [2.05, 4.69) is 11.9 Å². The van der Waals surface area contributed by atoms with Crippen LogP contribution in [0, 0.1) is 0 Å². The molecule has 2 heterocycles. The van der Waals surface area contributed by atoms with Gasteiger partial charge >= 0.3 is 5.97 Å². The largest absolute Gasteiger partial charge is 0.494 e. The highest BCUT2D eigenvalue weighted by Gasteiger charge is 2.49. The van der Waals surface area contributed by atoms with E-state index in [9.17, 15) is 18.0 Å². The molecular formula is C19H24N2O7S2. The summed E-state index contributed by atoms with van der Waals surface area (Å²) in [7, 11) is -3.17. The lowest BCUT2D eigenvalue weighted by molar-refractivity contribution is -0.143. The first kappa shape index (κ1) is 22.6. The number of benzene rings is 1. The van der Waals surface area contributed by atoms with E-state index < -0.39 is 34.9 Å². The minimum Gasteiger partial charge on any atom is -0.494 e. The number of thioether (sulfide) groups is 1. The summed E-state index contributed by atoms with van der Waals surface area (Å²) in [6, 6.07) is 6.93. The highest BCUT2D eigenvalue weighted by molar-refractivity contribution is 8.16. The van der Waals surface area contributed by atoms with Crippen molar-refractivity contribution in [3.63, 3.8) is 0 Å². The van der Waals surface area contributed by atoms with Gasteiger partial charge in [0.2, 0.25) is 0 Å².